The summed E-state index contributed by atoms with van der Waals surface area (Å²) in [7, 11) is 1.42. The molecule has 8 heteroatoms. The standard InChI is InChI=1S/C25H27N3O5/c1-16-22(26-25(30)32-17(2)19-7-5-4-6-8-19)23(33-27-16)20-11-9-18(10-12-20)13-28-14-21(15-28)24(29)31-3/h4-12,17,21H,13-15H2,1-3H3,(H,26,30). The average molecular weight is 450 g/mol. The molecule has 2 aromatic carbocycles. The fraction of sp³-hybridized carbons (Fsp3) is 0.320. The molecule has 0 radical (unpaired) electrons. The number of esters is 1. The molecule has 0 spiro atoms. The molecule has 1 aliphatic rings. The summed E-state index contributed by atoms with van der Waals surface area (Å²) in [6.07, 6.45) is -0.970. The number of ether oxygens (including phenoxy) is 2. The lowest BCUT2D eigenvalue weighted by Crippen LogP contribution is -2.49. The number of rotatable bonds is 7. The van der Waals surface area contributed by atoms with E-state index < -0.39 is 12.2 Å². The Morgan fingerprint density at radius 3 is 2.52 bits per heavy atom. The molecule has 8 nitrogen and oxygen atoms in total. The number of benzene rings is 2. The number of amides is 1. The van der Waals surface area contributed by atoms with Crippen LogP contribution in [0.5, 0.6) is 0 Å². The summed E-state index contributed by atoms with van der Waals surface area (Å²) in [6.45, 7) is 5.73. The third-order valence-electron chi connectivity index (χ3n) is 5.76. The smallest absolute Gasteiger partial charge is 0.412 e. The van der Waals surface area contributed by atoms with Gasteiger partial charge in [-0.3, -0.25) is 15.0 Å². The maximum absolute atomic E-state index is 12.5. The second-order valence-corrected chi connectivity index (χ2v) is 8.17. The molecule has 1 saturated heterocycles. The van der Waals surface area contributed by atoms with Gasteiger partial charge in [-0.2, -0.15) is 0 Å². The van der Waals surface area contributed by atoms with E-state index in [1.165, 1.54) is 7.11 Å². The number of hydrogen-bond donors (Lipinski definition) is 1. The molecule has 0 saturated carbocycles. The maximum Gasteiger partial charge on any atom is 0.412 e. The Labute approximate surface area is 192 Å². The number of anilines is 1. The van der Waals surface area contributed by atoms with Crippen LogP contribution in [0.25, 0.3) is 11.3 Å². The van der Waals surface area contributed by atoms with Gasteiger partial charge in [0.2, 0.25) is 0 Å². The normalized spacial score (nSPS) is 14.9. The highest BCUT2D eigenvalue weighted by atomic mass is 16.6. The van der Waals surface area contributed by atoms with Crippen molar-refractivity contribution in [3.63, 3.8) is 0 Å². The second kappa shape index (κ2) is 9.87. The molecule has 0 aliphatic carbocycles. The first-order chi connectivity index (χ1) is 15.9. The monoisotopic (exact) mass is 449 g/mol. The minimum Gasteiger partial charge on any atom is -0.469 e. The zero-order valence-electron chi connectivity index (χ0n) is 18.9. The van der Waals surface area contributed by atoms with Crippen LogP contribution < -0.4 is 5.32 Å². The Morgan fingerprint density at radius 2 is 1.85 bits per heavy atom. The lowest BCUT2D eigenvalue weighted by Gasteiger charge is -2.37. The molecule has 1 N–H and O–H groups in total. The Bertz CT molecular complexity index is 1100. The Balaban J connectivity index is 1.38. The van der Waals surface area contributed by atoms with Crippen molar-refractivity contribution in [3.8, 4) is 11.3 Å². The van der Waals surface area contributed by atoms with Crippen LogP contribution in [0.1, 0.15) is 29.8 Å². The lowest BCUT2D eigenvalue weighted by molar-refractivity contribution is -0.151. The van der Waals surface area contributed by atoms with E-state index in [4.69, 9.17) is 14.0 Å². The van der Waals surface area contributed by atoms with Crippen LogP contribution in [-0.2, 0) is 20.8 Å². The van der Waals surface area contributed by atoms with E-state index in [9.17, 15) is 9.59 Å². The van der Waals surface area contributed by atoms with Gasteiger partial charge in [-0.1, -0.05) is 59.8 Å². The molecule has 1 atom stereocenters. The number of nitrogens with zero attached hydrogens (tertiary/aromatic N) is 2. The van der Waals surface area contributed by atoms with Crippen LogP contribution in [0.4, 0.5) is 10.5 Å². The number of aryl methyl sites for hydroxylation is 1. The summed E-state index contributed by atoms with van der Waals surface area (Å²) in [4.78, 5) is 26.2. The van der Waals surface area contributed by atoms with Gasteiger partial charge >= 0.3 is 12.1 Å². The first kappa shape index (κ1) is 22.5. The summed E-state index contributed by atoms with van der Waals surface area (Å²) in [6, 6.07) is 17.4. The first-order valence-electron chi connectivity index (χ1n) is 10.8. The van der Waals surface area contributed by atoms with Crippen molar-refractivity contribution in [3.05, 3.63) is 71.4 Å². The van der Waals surface area contributed by atoms with Crippen molar-refractivity contribution in [1.82, 2.24) is 10.1 Å². The molecule has 1 unspecified atom stereocenters. The van der Waals surface area contributed by atoms with Crippen LogP contribution >= 0.6 is 0 Å². The molecule has 2 heterocycles. The number of aromatic nitrogens is 1. The molecule has 1 aliphatic heterocycles. The third kappa shape index (κ3) is 5.23. The maximum atomic E-state index is 12.5. The van der Waals surface area contributed by atoms with Gasteiger partial charge in [0.05, 0.1) is 13.0 Å². The summed E-state index contributed by atoms with van der Waals surface area (Å²) in [5, 5.41) is 6.79. The molecule has 1 amide bonds. The van der Waals surface area contributed by atoms with E-state index >= 15 is 0 Å². The van der Waals surface area contributed by atoms with Crippen molar-refractivity contribution in [2.45, 2.75) is 26.5 Å². The number of nitrogens with one attached hydrogen (secondary N) is 1. The molecular formula is C25H27N3O5. The van der Waals surface area contributed by atoms with E-state index in [1.807, 2.05) is 61.5 Å². The highest BCUT2D eigenvalue weighted by Gasteiger charge is 2.33. The fourth-order valence-electron chi connectivity index (χ4n) is 3.83. The molecular weight excluding hydrogens is 422 g/mol. The Hall–Kier alpha value is -3.65. The van der Waals surface area contributed by atoms with Crippen LogP contribution in [0.2, 0.25) is 0 Å². The molecule has 1 aromatic heterocycles. The largest absolute Gasteiger partial charge is 0.469 e. The predicted octanol–water partition coefficient (Wildman–Crippen LogP) is 4.56. The number of hydrogen-bond acceptors (Lipinski definition) is 7. The molecule has 172 valence electrons. The number of carbonyl (C=O) groups excluding carboxylic acids is 2. The molecule has 1 fully saturated rings. The highest BCUT2D eigenvalue weighted by molar-refractivity contribution is 5.90. The van der Waals surface area contributed by atoms with Crippen molar-refractivity contribution in [1.29, 1.82) is 0 Å². The van der Waals surface area contributed by atoms with Gasteiger partial charge in [0.1, 0.15) is 17.5 Å². The fourth-order valence-corrected chi connectivity index (χ4v) is 3.83. The van der Waals surface area contributed by atoms with Gasteiger partial charge in [0.15, 0.2) is 5.76 Å². The highest BCUT2D eigenvalue weighted by Crippen LogP contribution is 2.32. The van der Waals surface area contributed by atoms with Crippen molar-refractivity contribution in [2.24, 2.45) is 5.92 Å². The van der Waals surface area contributed by atoms with Crippen LogP contribution in [0, 0.1) is 12.8 Å². The second-order valence-electron chi connectivity index (χ2n) is 8.17. The van der Waals surface area contributed by atoms with Crippen LogP contribution in [-0.4, -0.2) is 42.3 Å². The molecule has 4 rings (SSSR count). The number of carbonyl (C=O) groups is 2. The van der Waals surface area contributed by atoms with Gasteiger partial charge < -0.3 is 14.0 Å². The van der Waals surface area contributed by atoms with Crippen molar-refractivity contribution < 1.29 is 23.6 Å². The summed E-state index contributed by atoms with van der Waals surface area (Å²) < 4.78 is 15.8. The number of methoxy groups -OCH3 is 1. The van der Waals surface area contributed by atoms with Crippen molar-refractivity contribution in [2.75, 3.05) is 25.5 Å². The van der Waals surface area contributed by atoms with Gasteiger partial charge in [-0.05, 0) is 25.0 Å². The zero-order valence-corrected chi connectivity index (χ0v) is 18.9. The minimum atomic E-state index is -0.575. The Morgan fingerprint density at radius 1 is 1.15 bits per heavy atom. The topological polar surface area (TPSA) is 93.9 Å². The van der Waals surface area contributed by atoms with E-state index in [2.05, 4.69) is 15.4 Å². The number of likely N-dealkylation sites (tertiary alicyclic amines) is 1. The van der Waals surface area contributed by atoms with Crippen LogP contribution in [0.15, 0.2) is 59.1 Å². The summed E-state index contributed by atoms with van der Waals surface area (Å²) in [5.74, 6) is 0.279. The van der Waals surface area contributed by atoms with Gasteiger partial charge in [0, 0.05) is 25.2 Å². The lowest BCUT2D eigenvalue weighted by atomic mass is 9.99. The zero-order chi connectivity index (χ0) is 23.4. The van der Waals surface area contributed by atoms with Crippen LogP contribution in [0.3, 0.4) is 0 Å². The van der Waals surface area contributed by atoms with Gasteiger partial charge in [0.25, 0.3) is 0 Å². The van der Waals surface area contributed by atoms with E-state index in [-0.39, 0.29) is 11.9 Å². The van der Waals surface area contributed by atoms with E-state index in [0.717, 1.165) is 23.2 Å². The summed E-state index contributed by atoms with van der Waals surface area (Å²) >= 11 is 0. The molecule has 0 bridgehead atoms. The van der Waals surface area contributed by atoms with Gasteiger partial charge in [-0.15, -0.1) is 0 Å². The van der Waals surface area contributed by atoms with E-state index in [0.29, 0.717) is 30.2 Å². The predicted molar refractivity (Wildman–Crippen MR) is 122 cm³/mol. The van der Waals surface area contributed by atoms with E-state index in [1.54, 1.807) is 6.92 Å². The Kier molecular flexibility index (Phi) is 6.74. The molecule has 3 aromatic rings. The quantitative estimate of drug-likeness (QED) is 0.528. The summed E-state index contributed by atoms with van der Waals surface area (Å²) in [5.41, 5.74) is 3.86. The van der Waals surface area contributed by atoms with Crippen molar-refractivity contribution >= 4 is 17.7 Å². The minimum absolute atomic E-state index is 0.0376. The average Bonchev–Trinajstić information content (AvgIpc) is 3.16. The van der Waals surface area contributed by atoms with Gasteiger partial charge in [-0.25, -0.2) is 4.79 Å². The SMILES string of the molecule is COC(=O)C1CN(Cc2ccc(-c3onc(C)c3NC(=O)OC(C)c3ccccc3)cc2)C1. The molecule has 33 heavy (non-hydrogen) atoms. The third-order valence-corrected chi connectivity index (χ3v) is 5.76. The first-order valence-corrected chi connectivity index (χ1v) is 10.8.